The molecule has 0 N–H and O–H groups in total. The summed E-state index contributed by atoms with van der Waals surface area (Å²) < 4.78 is 1.87. The molecule has 1 amide bonds. The fourth-order valence-corrected chi connectivity index (χ4v) is 4.50. The van der Waals surface area contributed by atoms with Crippen molar-refractivity contribution in [2.45, 2.75) is 6.92 Å². The summed E-state index contributed by atoms with van der Waals surface area (Å²) in [6, 6.07) is 14.0. The quantitative estimate of drug-likeness (QED) is 0.494. The summed E-state index contributed by atoms with van der Waals surface area (Å²) in [6.45, 7) is 4.69. The first kappa shape index (κ1) is 19.4. The molecular formula is C23H22N6OS. The van der Waals surface area contributed by atoms with Gasteiger partial charge in [-0.15, -0.1) is 11.3 Å². The first-order valence-corrected chi connectivity index (χ1v) is 11.1. The highest BCUT2D eigenvalue weighted by molar-refractivity contribution is 7.13. The Balaban J connectivity index is 1.26. The van der Waals surface area contributed by atoms with Crippen LogP contribution in [-0.2, 0) is 0 Å². The second-order valence-corrected chi connectivity index (χ2v) is 8.38. The van der Waals surface area contributed by atoms with Gasteiger partial charge in [-0.1, -0.05) is 18.2 Å². The van der Waals surface area contributed by atoms with Gasteiger partial charge in [-0.05, 0) is 36.1 Å². The lowest BCUT2D eigenvalue weighted by atomic mass is 10.1. The first-order valence-electron chi connectivity index (χ1n) is 10.2. The zero-order valence-corrected chi connectivity index (χ0v) is 18.0. The number of rotatable bonds is 4. The Morgan fingerprint density at radius 3 is 2.45 bits per heavy atom. The molecule has 8 heteroatoms. The van der Waals surface area contributed by atoms with E-state index in [2.05, 4.69) is 31.3 Å². The van der Waals surface area contributed by atoms with Gasteiger partial charge in [0.15, 0.2) is 0 Å². The molecule has 4 heterocycles. The monoisotopic (exact) mass is 430 g/mol. The van der Waals surface area contributed by atoms with Gasteiger partial charge in [0.1, 0.15) is 23.8 Å². The lowest BCUT2D eigenvalue weighted by molar-refractivity contribution is 0.0746. The lowest BCUT2D eigenvalue weighted by Crippen LogP contribution is -2.49. The predicted molar refractivity (Wildman–Crippen MR) is 122 cm³/mol. The number of imidazole rings is 1. The smallest absolute Gasteiger partial charge is 0.253 e. The van der Waals surface area contributed by atoms with Crippen LogP contribution in [0.25, 0.3) is 16.3 Å². The summed E-state index contributed by atoms with van der Waals surface area (Å²) >= 11 is 1.70. The average Bonchev–Trinajstić information content (AvgIpc) is 3.53. The van der Waals surface area contributed by atoms with Crippen molar-refractivity contribution in [1.82, 2.24) is 24.4 Å². The van der Waals surface area contributed by atoms with Gasteiger partial charge in [0.05, 0.1) is 0 Å². The number of amides is 1. The van der Waals surface area contributed by atoms with E-state index < -0.39 is 0 Å². The Bertz CT molecular complexity index is 1160. The summed E-state index contributed by atoms with van der Waals surface area (Å²) in [5, 5.41) is 2.06. The number of carbonyl (C=O) groups excluding carboxylic acids is 1. The van der Waals surface area contributed by atoms with Crippen LogP contribution in [0, 0.1) is 6.92 Å². The van der Waals surface area contributed by atoms with Crippen molar-refractivity contribution in [1.29, 1.82) is 0 Å². The molecule has 3 aromatic heterocycles. The zero-order valence-electron chi connectivity index (χ0n) is 17.2. The van der Waals surface area contributed by atoms with Gasteiger partial charge < -0.3 is 9.80 Å². The molecule has 0 bridgehead atoms. The Kier molecular flexibility index (Phi) is 5.21. The van der Waals surface area contributed by atoms with Crippen molar-refractivity contribution < 1.29 is 4.79 Å². The van der Waals surface area contributed by atoms with Crippen molar-refractivity contribution in [3.05, 3.63) is 78.0 Å². The third-order valence-electron chi connectivity index (χ3n) is 5.41. The maximum Gasteiger partial charge on any atom is 0.253 e. The summed E-state index contributed by atoms with van der Waals surface area (Å²) in [5.74, 6) is 2.47. The van der Waals surface area contributed by atoms with E-state index in [1.165, 1.54) is 4.88 Å². The van der Waals surface area contributed by atoms with Gasteiger partial charge in [-0.3, -0.25) is 9.36 Å². The number of carbonyl (C=O) groups is 1. The molecule has 5 rings (SSSR count). The summed E-state index contributed by atoms with van der Waals surface area (Å²) in [7, 11) is 0. The van der Waals surface area contributed by atoms with Gasteiger partial charge in [0.2, 0.25) is 0 Å². The van der Waals surface area contributed by atoms with Crippen LogP contribution in [0.1, 0.15) is 16.2 Å². The molecule has 0 atom stereocenters. The Morgan fingerprint density at radius 1 is 1.00 bits per heavy atom. The minimum Gasteiger partial charge on any atom is -0.353 e. The molecule has 0 radical (unpaired) electrons. The Hall–Kier alpha value is -3.52. The topological polar surface area (TPSA) is 67.2 Å². The van der Waals surface area contributed by atoms with E-state index in [0.717, 1.165) is 35.9 Å². The average molecular weight is 431 g/mol. The molecule has 7 nitrogen and oxygen atoms in total. The number of nitrogens with zero attached hydrogens (tertiary/aromatic N) is 6. The van der Waals surface area contributed by atoms with Gasteiger partial charge >= 0.3 is 0 Å². The summed E-state index contributed by atoms with van der Waals surface area (Å²) in [5.41, 5.74) is 1.87. The van der Waals surface area contributed by atoms with Crippen LogP contribution < -0.4 is 4.90 Å². The Morgan fingerprint density at radius 2 is 1.77 bits per heavy atom. The van der Waals surface area contributed by atoms with E-state index in [-0.39, 0.29) is 5.91 Å². The van der Waals surface area contributed by atoms with Gasteiger partial charge in [-0.25, -0.2) is 15.0 Å². The minimum atomic E-state index is 0.0790. The van der Waals surface area contributed by atoms with Crippen LogP contribution >= 0.6 is 11.3 Å². The molecular weight excluding hydrogens is 408 g/mol. The fourth-order valence-electron chi connectivity index (χ4n) is 3.77. The third-order valence-corrected chi connectivity index (χ3v) is 6.33. The second-order valence-electron chi connectivity index (χ2n) is 7.44. The van der Waals surface area contributed by atoms with E-state index in [1.807, 2.05) is 59.0 Å². The molecule has 0 unspecified atom stereocenters. The minimum absolute atomic E-state index is 0.0790. The number of aryl methyl sites for hydroxylation is 1. The maximum atomic E-state index is 13.0. The van der Waals surface area contributed by atoms with Gasteiger partial charge in [-0.2, -0.15) is 0 Å². The molecule has 0 aliphatic carbocycles. The van der Waals surface area contributed by atoms with E-state index in [1.54, 1.807) is 23.9 Å². The first-order chi connectivity index (χ1) is 15.2. The molecule has 1 aromatic carbocycles. The number of anilines is 1. The number of benzene rings is 1. The molecule has 0 spiro atoms. The van der Waals surface area contributed by atoms with Crippen LogP contribution in [-0.4, -0.2) is 56.5 Å². The van der Waals surface area contributed by atoms with E-state index in [4.69, 9.17) is 0 Å². The Labute approximate surface area is 184 Å². The van der Waals surface area contributed by atoms with E-state index >= 15 is 0 Å². The van der Waals surface area contributed by atoms with Crippen LogP contribution in [0.4, 0.5) is 5.82 Å². The largest absolute Gasteiger partial charge is 0.353 e. The van der Waals surface area contributed by atoms with Crippen LogP contribution in [0.2, 0.25) is 0 Å². The third kappa shape index (κ3) is 4.06. The summed E-state index contributed by atoms with van der Waals surface area (Å²) in [6.07, 6.45) is 5.33. The van der Waals surface area contributed by atoms with Crippen LogP contribution in [0.15, 0.2) is 66.6 Å². The molecule has 1 saturated heterocycles. The number of aromatic nitrogens is 4. The van der Waals surface area contributed by atoms with Crippen molar-refractivity contribution in [3.63, 3.8) is 0 Å². The fraction of sp³-hybridized carbons (Fsp3) is 0.217. The van der Waals surface area contributed by atoms with Gasteiger partial charge in [0, 0.05) is 55.1 Å². The standard InChI is InChI=1S/C23H22N6OS/c1-17-25-21(15-22(26-17)29-9-8-24-16-29)27-10-12-28(13-11-27)23(30)19-6-4-18(5-7-19)20-3-2-14-31-20/h2-9,14-16H,10-13H2,1H3. The number of piperazine rings is 1. The van der Waals surface area contributed by atoms with Crippen molar-refractivity contribution in [2.75, 3.05) is 31.1 Å². The molecule has 1 fully saturated rings. The lowest BCUT2D eigenvalue weighted by Gasteiger charge is -2.35. The molecule has 156 valence electrons. The normalized spacial score (nSPS) is 14.1. The highest BCUT2D eigenvalue weighted by Crippen LogP contribution is 2.25. The second kappa shape index (κ2) is 8.31. The van der Waals surface area contributed by atoms with E-state index in [0.29, 0.717) is 18.9 Å². The molecule has 1 aliphatic rings. The highest BCUT2D eigenvalue weighted by Gasteiger charge is 2.23. The number of hydrogen-bond acceptors (Lipinski definition) is 6. The molecule has 4 aromatic rings. The van der Waals surface area contributed by atoms with Crippen molar-refractivity contribution >= 4 is 23.1 Å². The van der Waals surface area contributed by atoms with Crippen LogP contribution in [0.3, 0.4) is 0 Å². The number of hydrogen-bond donors (Lipinski definition) is 0. The van der Waals surface area contributed by atoms with Crippen molar-refractivity contribution in [3.8, 4) is 16.3 Å². The predicted octanol–water partition coefficient (Wildman–Crippen LogP) is 3.66. The highest BCUT2D eigenvalue weighted by atomic mass is 32.1. The van der Waals surface area contributed by atoms with Crippen LogP contribution in [0.5, 0.6) is 0 Å². The molecule has 1 aliphatic heterocycles. The SMILES string of the molecule is Cc1nc(N2CCN(C(=O)c3ccc(-c4cccs4)cc3)CC2)cc(-n2ccnc2)n1. The number of thiophene rings is 1. The zero-order chi connectivity index (χ0) is 21.2. The van der Waals surface area contributed by atoms with E-state index in [9.17, 15) is 4.79 Å². The molecule has 31 heavy (non-hydrogen) atoms. The van der Waals surface area contributed by atoms with Crippen molar-refractivity contribution in [2.24, 2.45) is 0 Å². The molecule has 0 saturated carbocycles. The maximum absolute atomic E-state index is 13.0. The summed E-state index contributed by atoms with van der Waals surface area (Å²) in [4.78, 5) is 31.5. The van der Waals surface area contributed by atoms with Gasteiger partial charge in [0.25, 0.3) is 5.91 Å².